The molecule has 1 aromatic rings. The van der Waals surface area contributed by atoms with Crippen LogP contribution < -0.4 is 0 Å². The highest BCUT2D eigenvalue weighted by Gasteiger charge is 2.37. The van der Waals surface area contributed by atoms with Crippen LogP contribution in [0.25, 0.3) is 0 Å². The molecule has 8 heteroatoms. The van der Waals surface area contributed by atoms with Gasteiger partial charge in [-0.25, -0.2) is 4.57 Å². The Morgan fingerprint density at radius 3 is 2.29 bits per heavy atom. The molecule has 1 aliphatic heterocycles. The topological polar surface area (TPSA) is 74.3 Å². The summed E-state index contributed by atoms with van der Waals surface area (Å²) >= 11 is 0. The maximum Gasteiger partial charge on any atom is 0.475 e. The number of rotatable bonds is 8. The SMILES string of the molecule is CCOP(=O)(OCC)OC(C(=O)N1CCOCC1)c1ccccc1. The van der Waals surface area contributed by atoms with Gasteiger partial charge in [0.15, 0.2) is 6.10 Å². The Hall–Kier alpha value is -1.24. The number of hydrogen-bond acceptors (Lipinski definition) is 6. The molecule has 1 fully saturated rings. The first-order valence-corrected chi connectivity index (χ1v) is 9.54. The molecule has 24 heavy (non-hydrogen) atoms. The molecule has 0 N–H and O–H groups in total. The number of ether oxygens (including phenoxy) is 1. The predicted molar refractivity (Wildman–Crippen MR) is 88.5 cm³/mol. The number of carbonyl (C=O) groups is 1. The van der Waals surface area contributed by atoms with Gasteiger partial charge in [0.2, 0.25) is 0 Å². The molecule has 1 amide bonds. The van der Waals surface area contributed by atoms with Gasteiger partial charge in [0.25, 0.3) is 5.91 Å². The standard InChI is InChI=1S/C16H24NO6P/c1-3-21-24(19,22-4-2)23-15(14-8-6-5-7-9-14)16(18)17-10-12-20-13-11-17/h5-9,15H,3-4,10-13H2,1-2H3. The Morgan fingerprint density at radius 1 is 1.17 bits per heavy atom. The first-order chi connectivity index (χ1) is 11.6. The van der Waals surface area contributed by atoms with Gasteiger partial charge in [-0.15, -0.1) is 0 Å². The summed E-state index contributed by atoms with van der Waals surface area (Å²) in [6.45, 7) is 5.59. The van der Waals surface area contributed by atoms with Crippen molar-refractivity contribution >= 4 is 13.7 Å². The van der Waals surface area contributed by atoms with Crippen LogP contribution in [0.2, 0.25) is 0 Å². The van der Waals surface area contributed by atoms with Gasteiger partial charge in [-0.05, 0) is 19.4 Å². The van der Waals surface area contributed by atoms with Crippen LogP contribution in [0, 0.1) is 0 Å². The molecule has 0 aliphatic carbocycles. The summed E-state index contributed by atoms with van der Waals surface area (Å²) in [4.78, 5) is 14.5. The van der Waals surface area contributed by atoms with E-state index in [0.29, 0.717) is 31.9 Å². The highest BCUT2D eigenvalue weighted by molar-refractivity contribution is 7.48. The van der Waals surface area contributed by atoms with Gasteiger partial charge >= 0.3 is 7.82 Å². The van der Waals surface area contributed by atoms with Crippen LogP contribution in [0.15, 0.2) is 30.3 Å². The number of hydrogen-bond donors (Lipinski definition) is 0. The Balaban J connectivity index is 2.25. The fourth-order valence-corrected chi connectivity index (χ4v) is 3.67. The van der Waals surface area contributed by atoms with Crippen molar-refractivity contribution in [3.05, 3.63) is 35.9 Å². The summed E-state index contributed by atoms with van der Waals surface area (Å²) in [5, 5.41) is 0. The Kier molecular flexibility index (Phi) is 7.40. The Bertz CT molecular complexity index is 551. The first-order valence-electron chi connectivity index (χ1n) is 8.08. The number of benzene rings is 1. The highest BCUT2D eigenvalue weighted by atomic mass is 31.2. The van der Waals surface area contributed by atoms with E-state index in [0.717, 1.165) is 0 Å². The van der Waals surface area contributed by atoms with Crippen LogP contribution in [0.3, 0.4) is 0 Å². The van der Waals surface area contributed by atoms with E-state index in [-0.39, 0.29) is 19.1 Å². The number of carbonyl (C=O) groups excluding carboxylic acids is 1. The fraction of sp³-hybridized carbons (Fsp3) is 0.562. The van der Waals surface area contributed by atoms with Gasteiger partial charge in [-0.1, -0.05) is 30.3 Å². The molecule has 1 unspecified atom stereocenters. The zero-order valence-electron chi connectivity index (χ0n) is 14.1. The van der Waals surface area contributed by atoms with E-state index in [1.165, 1.54) is 0 Å². The molecule has 0 radical (unpaired) electrons. The smallest absolute Gasteiger partial charge is 0.378 e. The normalized spacial score (nSPS) is 16.8. The molecule has 134 valence electrons. The van der Waals surface area contributed by atoms with E-state index >= 15 is 0 Å². The van der Waals surface area contributed by atoms with Gasteiger partial charge in [-0.3, -0.25) is 18.4 Å². The van der Waals surface area contributed by atoms with Crippen molar-refractivity contribution in [2.24, 2.45) is 0 Å². The first kappa shape index (κ1) is 19.1. The van der Waals surface area contributed by atoms with E-state index in [1.54, 1.807) is 43.0 Å². The maximum atomic E-state index is 12.9. The summed E-state index contributed by atoms with van der Waals surface area (Å²) in [6, 6.07) is 8.94. The van der Waals surface area contributed by atoms with E-state index in [9.17, 15) is 9.36 Å². The summed E-state index contributed by atoms with van der Waals surface area (Å²) in [5.41, 5.74) is 0.605. The molecule has 2 rings (SSSR count). The highest BCUT2D eigenvalue weighted by Crippen LogP contribution is 2.53. The van der Waals surface area contributed by atoms with Crippen LogP contribution in [0.5, 0.6) is 0 Å². The van der Waals surface area contributed by atoms with Gasteiger partial charge in [0, 0.05) is 13.1 Å². The molecular weight excluding hydrogens is 333 g/mol. The van der Waals surface area contributed by atoms with E-state index < -0.39 is 13.9 Å². The minimum absolute atomic E-state index is 0.157. The van der Waals surface area contributed by atoms with Crippen molar-refractivity contribution in [3.8, 4) is 0 Å². The van der Waals surface area contributed by atoms with Crippen molar-refractivity contribution in [1.29, 1.82) is 0 Å². The third kappa shape index (κ3) is 5.13. The Morgan fingerprint density at radius 2 is 1.75 bits per heavy atom. The van der Waals surface area contributed by atoms with Crippen molar-refractivity contribution in [2.75, 3.05) is 39.5 Å². The minimum atomic E-state index is -3.82. The third-order valence-electron chi connectivity index (χ3n) is 3.46. The second-order valence-electron chi connectivity index (χ2n) is 5.12. The monoisotopic (exact) mass is 357 g/mol. The molecule has 0 saturated carbocycles. The summed E-state index contributed by atoms with van der Waals surface area (Å²) < 4.78 is 33.9. The Labute approximate surface area is 142 Å². The molecule has 0 spiro atoms. The van der Waals surface area contributed by atoms with Gasteiger partial charge in [0.1, 0.15) is 0 Å². The summed E-state index contributed by atoms with van der Waals surface area (Å²) in [7, 11) is -3.82. The lowest BCUT2D eigenvalue weighted by Crippen LogP contribution is -2.43. The molecule has 1 heterocycles. The van der Waals surface area contributed by atoms with Crippen molar-refractivity contribution < 1.29 is 27.7 Å². The maximum absolute atomic E-state index is 12.9. The molecule has 7 nitrogen and oxygen atoms in total. The second kappa shape index (κ2) is 9.30. The molecular formula is C16H24NO6P. The second-order valence-corrected chi connectivity index (χ2v) is 6.74. The van der Waals surface area contributed by atoms with Crippen molar-refractivity contribution in [3.63, 3.8) is 0 Å². The average molecular weight is 357 g/mol. The minimum Gasteiger partial charge on any atom is -0.378 e. The zero-order valence-corrected chi connectivity index (χ0v) is 14.9. The quantitative estimate of drug-likeness (QED) is 0.666. The lowest BCUT2D eigenvalue weighted by molar-refractivity contribution is -0.144. The summed E-state index contributed by atoms with van der Waals surface area (Å²) in [6.07, 6.45) is -1.05. The van der Waals surface area contributed by atoms with Crippen LogP contribution in [-0.2, 0) is 27.7 Å². The molecule has 1 saturated heterocycles. The van der Waals surface area contributed by atoms with Gasteiger partial charge < -0.3 is 9.64 Å². The van der Waals surface area contributed by atoms with Gasteiger partial charge in [0.05, 0.1) is 26.4 Å². The van der Waals surface area contributed by atoms with E-state index in [2.05, 4.69) is 0 Å². The largest absolute Gasteiger partial charge is 0.475 e. The molecule has 0 bridgehead atoms. The lowest BCUT2D eigenvalue weighted by Gasteiger charge is -2.31. The molecule has 1 aromatic carbocycles. The molecule has 0 aromatic heterocycles. The number of nitrogens with zero attached hydrogens (tertiary/aromatic N) is 1. The number of phosphoric acid groups is 1. The van der Waals surface area contributed by atoms with E-state index in [4.69, 9.17) is 18.3 Å². The lowest BCUT2D eigenvalue weighted by atomic mass is 10.1. The van der Waals surface area contributed by atoms with E-state index in [1.807, 2.05) is 6.07 Å². The number of amides is 1. The van der Waals surface area contributed by atoms with Crippen LogP contribution in [0.1, 0.15) is 25.5 Å². The van der Waals surface area contributed by atoms with Gasteiger partial charge in [-0.2, -0.15) is 0 Å². The molecule has 1 atom stereocenters. The number of morpholine rings is 1. The van der Waals surface area contributed by atoms with Crippen LogP contribution >= 0.6 is 7.82 Å². The van der Waals surface area contributed by atoms with Crippen LogP contribution in [0.4, 0.5) is 0 Å². The van der Waals surface area contributed by atoms with Crippen molar-refractivity contribution in [1.82, 2.24) is 4.90 Å². The van der Waals surface area contributed by atoms with Crippen LogP contribution in [-0.4, -0.2) is 50.3 Å². The number of phosphoric ester groups is 1. The average Bonchev–Trinajstić information content (AvgIpc) is 2.61. The zero-order chi connectivity index (χ0) is 17.4. The fourth-order valence-electron chi connectivity index (χ4n) is 2.37. The third-order valence-corrected chi connectivity index (χ3v) is 5.08. The summed E-state index contributed by atoms with van der Waals surface area (Å²) in [5.74, 6) is -0.274. The predicted octanol–water partition coefficient (Wildman–Crippen LogP) is 2.78. The van der Waals surface area contributed by atoms with Crippen molar-refractivity contribution in [2.45, 2.75) is 20.0 Å². The molecule has 1 aliphatic rings.